The molecule has 5 heteroatoms. The maximum atomic E-state index is 11.8. The lowest BCUT2D eigenvalue weighted by Crippen LogP contribution is -2.29. The van der Waals surface area contributed by atoms with Gasteiger partial charge in [0.25, 0.3) is 5.91 Å². The van der Waals surface area contributed by atoms with Crippen LogP contribution in [0.25, 0.3) is 0 Å². The first kappa shape index (κ1) is 16.3. The third-order valence-corrected chi connectivity index (χ3v) is 3.34. The van der Waals surface area contributed by atoms with Crippen LogP contribution in [0, 0.1) is 0 Å². The fourth-order valence-electron chi connectivity index (χ4n) is 1.71. The van der Waals surface area contributed by atoms with Gasteiger partial charge in [-0.3, -0.25) is 4.79 Å². The fourth-order valence-corrected chi connectivity index (χ4v) is 1.71. The van der Waals surface area contributed by atoms with Gasteiger partial charge in [-0.2, -0.15) is 0 Å². The molecule has 0 spiro atoms. The lowest BCUT2D eigenvalue weighted by molar-refractivity contribution is 0.0952. The quantitative estimate of drug-likeness (QED) is 0.527. The first-order valence-corrected chi connectivity index (χ1v) is 6.92. The summed E-state index contributed by atoms with van der Waals surface area (Å²) in [6, 6.07) is 4.58. The summed E-state index contributed by atoms with van der Waals surface area (Å²) < 4.78 is 0. The van der Waals surface area contributed by atoms with Crippen molar-refractivity contribution >= 4 is 5.91 Å². The predicted octanol–water partition coefficient (Wildman–Crippen LogP) is 1.95. The van der Waals surface area contributed by atoms with Gasteiger partial charge < -0.3 is 20.4 Å². The van der Waals surface area contributed by atoms with E-state index in [4.69, 9.17) is 0 Å². The minimum absolute atomic E-state index is 0.224. The van der Waals surface area contributed by atoms with Crippen LogP contribution < -0.4 is 5.32 Å². The van der Waals surface area contributed by atoms with Gasteiger partial charge in [0, 0.05) is 18.2 Å². The lowest BCUT2D eigenvalue weighted by atomic mass is 10.2. The maximum absolute atomic E-state index is 11.8. The average molecular weight is 280 g/mol. The fraction of sp³-hybridized carbons (Fsp3) is 0.533. The summed E-state index contributed by atoms with van der Waals surface area (Å²) >= 11 is 0. The molecule has 0 heterocycles. The summed E-state index contributed by atoms with van der Waals surface area (Å²) in [6.45, 7) is 5.91. The van der Waals surface area contributed by atoms with Crippen molar-refractivity contribution in [3.8, 4) is 11.5 Å². The van der Waals surface area contributed by atoms with Crippen molar-refractivity contribution in [2.75, 3.05) is 20.1 Å². The average Bonchev–Trinajstić information content (AvgIpc) is 2.40. The van der Waals surface area contributed by atoms with E-state index in [2.05, 4.69) is 31.1 Å². The standard InChI is InChI=1S/C15H24N2O3/c1-11(2)17(3)9-5-4-8-16-15(20)12-6-7-13(18)14(19)10-12/h6-7,10-11,18-19H,4-5,8-9H2,1-3H3,(H,16,20). The van der Waals surface area contributed by atoms with Gasteiger partial charge in [0.2, 0.25) is 0 Å². The largest absolute Gasteiger partial charge is 0.504 e. The molecule has 112 valence electrons. The summed E-state index contributed by atoms with van der Waals surface area (Å²) in [4.78, 5) is 14.1. The van der Waals surface area contributed by atoms with E-state index >= 15 is 0 Å². The second kappa shape index (κ2) is 7.75. The number of carbonyl (C=O) groups excluding carboxylic acids is 1. The van der Waals surface area contributed by atoms with Crippen LogP contribution in [0.3, 0.4) is 0 Å². The van der Waals surface area contributed by atoms with Crippen LogP contribution in [0.4, 0.5) is 0 Å². The molecular formula is C15H24N2O3. The SMILES string of the molecule is CC(C)N(C)CCCCNC(=O)c1ccc(O)c(O)c1. The topological polar surface area (TPSA) is 72.8 Å². The summed E-state index contributed by atoms with van der Waals surface area (Å²) in [5.41, 5.74) is 0.347. The van der Waals surface area contributed by atoms with Crippen LogP contribution >= 0.6 is 0 Å². The summed E-state index contributed by atoms with van der Waals surface area (Å²) in [5.74, 6) is -0.744. The third kappa shape index (κ3) is 5.09. The predicted molar refractivity (Wildman–Crippen MR) is 79.1 cm³/mol. The molecule has 1 aromatic carbocycles. The van der Waals surface area contributed by atoms with Crippen molar-refractivity contribution in [2.45, 2.75) is 32.7 Å². The molecule has 0 unspecified atom stereocenters. The Bertz CT molecular complexity index is 447. The monoisotopic (exact) mass is 280 g/mol. The Morgan fingerprint density at radius 1 is 1.25 bits per heavy atom. The number of hydrogen-bond acceptors (Lipinski definition) is 4. The molecule has 1 rings (SSSR count). The highest BCUT2D eigenvalue weighted by Gasteiger charge is 2.08. The van der Waals surface area contributed by atoms with Crippen LogP contribution in [-0.2, 0) is 0 Å². The zero-order valence-corrected chi connectivity index (χ0v) is 12.4. The van der Waals surface area contributed by atoms with E-state index in [0.29, 0.717) is 18.2 Å². The Morgan fingerprint density at radius 3 is 2.55 bits per heavy atom. The number of nitrogens with zero attached hydrogens (tertiary/aromatic N) is 1. The smallest absolute Gasteiger partial charge is 0.251 e. The van der Waals surface area contributed by atoms with Crippen LogP contribution in [0.2, 0.25) is 0 Å². The number of unbranched alkanes of at least 4 members (excludes halogenated alkanes) is 1. The van der Waals surface area contributed by atoms with E-state index in [1.165, 1.54) is 18.2 Å². The van der Waals surface area contributed by atoms with Crippen molar-refractivity contribution < 1.29 is 15.0 Å². The van der Waals surface area contributed by atoms with E-state index in [9.17, 15) is 15.0 Å². The number of rotatable bonds is 7. The van der Waals surface area contributed by atoms with Crippen LogP contribution in [0.1, 0.15) is 37.0 Å². The van der Waals surface area contributed by atoms with E-state index in [0.717, 1.165) is 19.4 Å². The third-order valence-electron chi connectivity index (χ3n) is 3.34. The normalized spacial score (nSPS) is 11.1. The van der Waals surface area contributed by atoms with Gasteiger partial charge in [0.15, 0.2) is 11.5 Å². The molecule has 0 saturated carbocycles. The minimum Gasteiger partial charge on any atom is -0.504 e. The van der Waals surface area contributed by atoms with Crippen LogP contribution in [0.5, 0.6) is 11.5 Å². The molecule has 20 heavy (non-hydrogen) atoms. The molecule has 5 nitrogen and oxygen atoms in total. The lowest BCUT2D eigenvalue weighted by Gasteiger charge is -2.20. The Labute approximate surface area is 120 Å². The first-order chi connectivity index (χ1) is 9.41. The van der Waals surface area contributed by atoms with E-state index < -0.39 is 0 Å². The molecule has 0 aromatic heterocycles. The Balaban J connectivity index is 2.28. The summed E-state index contributed by atoms with van der Waals surface area (Å²) in [6.07, 6.45) is 1.93. The van der Waals surface area contributed by atoms with E-state index in [-0.39, 0.29) is 17.4 Å². The number of phenols is 2. The summed E-state index contributed by atoms with van der Waals surface area (Å²) in [5, 5.41) is 21.3. The van der Waals surface area contributed by atoms with Gasteiger partial charge >= 0.3 is 0 Å². The molecular weight excluding hydrogens is 256 g/mol. The van der Waals surface area contributed by atoms with Crippen molar-refractivity contribution in [2.24, 2.45) is 0 Å². The van der Waals surface area contributed by atoms with Crippen LogP contribution in [-0.4, -0.2) is 47.2 Å². The van der Waals surface area contributed by atoms with Crippen molar-refractivity contribution in [3.05, 3.63) is 23.8 Å². The Hall–Kier alpha value is -1.75. The van der Waals surface area contributed by atoms with Gasteiger partial charge in [0.1, 0.15) is 0 Å². The molecule has 3 N–H and O–H groups in total. The maximum Gasteiger partial charge on any atom is 0.251 e. The highest BCUT2D eigenvalue weighted by molar-refractivity contribution is 5.94. The molecule has 0 atom stereocenters. The van der Waals surface area contributed by atoms with Gasteiger partial charge in [-0.25, -0.2) is 0 Å². The van der Waals surface area contributed by atoms with Gasteiger partial charge in [0.05, 0.1) is 0 Å². The molecule has 1 amide bonds. The number of aromatic hydroxyl groups is 2. The van der Waals surface area contributed by atoms with Crippen LogP contribution in [0.15, 0.2) is 18.2 Å². The summed E-state index contributed by atoms with van der Waals surface area (Å²) in [7, 11) is 2.09. The number of hydrogen-bond donors (Lipinski definition) is 3. The zero-order valence-electron chi connectivity index (χ0n) is 12.4. The van der Waals surface area contributed by atoms with Gasteiger partial charge in [-0.1, -0.05) is 0 Å². The number of nitrogens with one attached hydrogen (secondary N) is 1. The van der Waals surface area contributed by atoms with Crippen molar-refractivity contribution in [1.29, 1.82) is 0 Å². The van der Waals surface area contributed by atoms with Crippen molar-refractivity contribution in [3.63, 3.8) is 0 Å². The number of benzene rings is 1. The molecule has 0 saturated heterocycles. The first-order valence-electron chi connectivity index (χ1n) is 6.92. The van der Waals surface area contributed by atoms with E-state index in [1.54, 1.807) is 0 Å². The highest BCUT2D eigenvalue weighted by Crippen LogP contribution is 2.24. The molecule has 0 aliphatic rings. The molecule has 0 aliphatic carbocycles. The van der Waals surface area contributed by atoms with Crippen molar-refractivity contribution in [1.82, 2.24) is 10.2 Å². The second-order valence-corrected chi connectivity index (χ2v) is 5.24. The number of phenolic OH excluding ortho intramolecular Hbond substituents is 2. The molecule has 0 fully saturated rings. The zero-order chi connectivity index (χ0) is 15.1. The molecule has 0 aliphatic heterocycles. The van der Waals surface area contributed by atoms with Gasteiger partial charge in [-0.15, -0.1) is 0 Å². The Morgan fingerprint density at radius 2 is 1.95 bits per heavy atom. The highest BCUT2D eigenvalue weighted by atomic mass is 16.3. The van der Waals surface area contributed by atoms with E-state index in [1.807, 2.05) is 0 Å². The molecule has 0 radical (unpaired) electrons. The molecule has 1 aromatic rings. The number of amides is 1. The molecule has 0 bridgehead atoms. The second-order valence-electron chi connectivity index (χ2n) is 5.24. The minimum atomic E-state index is -0.281. The van der Waals surface area contributed by atoms with Gasteiger partial charge in [-0.05, 0) is 58.5 Å². The Kier molecular flexibility index (Phi) is 6.31. The number of carbonyl (C=O) groups is 1.